The highest BCUT2D eigenvalue weighted by atomic mass is 35.5. The minimum Gasteiger partial charge on any atom is -0.371 e. The van der Waals surface area contributed by atoms with Gasteiger partial charge in [-0.2, -0.15) is 0 Å². The first kappa shape index (κ1) is 37.1. The van der Waals surface area contributed by atoms with Gasteiger partial charge in [0.2, 0.25) is 17.5 Å². The Bertz CT molecular complexity index is 2190. The molecule has 6 aliphatic heterocycles. The number of carbonyl (C=O) groups is 5. The topological polar surface area (TPSA) is 134 Å². The van der Waals surface area contributed by atoms with Gasteiger partial charge in [-0.25, -0.2) is 9.83 Å². The van der Waals surface area contributed by atoms with Crippen molar-refractivity contribution < 1.29 is 24.0 Å². The lowest BCUT2D eigenvalue weighted by Crippen LogP contribution is -2.55. The van der Waals surface area contributed by atoms with E-state index in [-0.39, 0.29) is 24.2 Å². The SMILES string of the molecule is [C-]#[N+]c1ccc(N2CCC3(CCN(C(=O)c4ccc(N5CCN(CC6CN(c7ccc8c(c7)C(=O)N(C7CCC(=O)NC7=O)C8=O)C6)CC5)nc4)CC3)C2)cc1Cl. The van der Waals surface area contributed by atoms with Gasteiger partial charge in [-0.15, -0.1) is 0 Å². The van der Waals surface area contributed by atoms with Crippen molar-refractivity contribution in [3.05, 3.63) is 87.9 Å². The molecule has 294 valence electrons. The number of carbonyl (C=O) groups excluding carboxylic acids is 5. The first-order chi connectivity index (χ1) is 27.6. The van der Waals surface area contributed by atoms with Crippen molar-refractivity contribution >= 4 is 64.0 Å². The molecule has 5 saturated heterocycles. The van der Waals surface area contributed by atoms with Crippen LogP contribution in [0.5, 0.6) is 0 Å². The minimum absolute atomic E-state index is 0.0359. The highest BCUT2D eigenvalue weighted by Gasteiger charge is 2.45. The predicted molar refractivity (Wildman–Crippen MR) is 214 cm³/mol. The zero-order chi connectivity index (χ0) is 39.4. The normalized spacial score (nSPS) is 22.5. The summed E-state index contributed by atoms with van der Waals surface area (Å²) >= 11 is 6.32. The number of anilines is 3. The Hall–Kier alpha value is -5.52. The number of nitrogens with one attached hydrogen (secondary N) is 1. The molecule has 14 nitrogen and oxygen atoms in total. The van der Waals surface area contributed by atoms with E-state index >= 15 is 0 Å². The van der Waals surface area contributed by atoms with E-state index < -0.39 is 29.7 Å². The van der Waals surface area contributed by atoms with Crippen LogP contribution in [0, 0.1) is 17.9 Å². The number of amides is 5. The van der Waals surface area contributed by atoms with Crippen molar-refractivity contribution in [3.8, 4) is 0 Å². The lowest BCUT2D eigenvalue weighted by Gasteiger charge is -2.45. The molecule has 6 aliphatic rings. The number of likely N-dealkylation sites (tertiary alicyclic amines) is 1. The Balaban J connectivity index is 0.717. The number of fused-ring (bicyclic) bond motifs is 1. The standard InChI is InChI=1S/C42H44ClN9O5/c1-44-34-6-4-30(21-33(34)43)50-15-12-42(26-50)10-13-49(14-11-42)39(55)28-2-8-36(45-22-28)48-18-16-47(17-19-48)23-27-24-51(25-27)29-3-5-31-32(20-29)41(57)52(40(31)56)35-7-9-37(53)46-38(35)54/h2-6,8,20-22,27,35H,7,9-19,23-26H2,(H,46,53,54). The van der Waals surface area contributed by atoms with Gasteiger partial charge >= 0.3 is 0 Å². The molecule has 0 bridgehead atoms. The average molecular weight is 790 g/mol. The monoisotopic (exact) mass is 789 g/mol. The highest BCUT2D eigenvalue weighted by Crippen LogP contribution is 2.43. The maximum absolute atomic E-state index is 13.5. The molecular formula is C42H44ClN9O5. The summed E-state index contributed by atoms with van der Waals surface area (Å²) in [6.45, 7) is 16.8. The number of rotatable bonds is 7. The van der Waals surface area contributed by atoms with E-state index in [2.05, 4.69) is 29.8 Å². The summed E-state index contributed by atoms with van der Waals surface area (Å²) in [5, 5.41) is 2.73. The van der Waals surface area contributed by atoms with Crippen LogP contribution in [0.1, 0.15) is 63.2 Å². The van der Waals surface area contributed by atoms with Crippen LogP contribution in [0.15, 0.2) is 54.7 Å². The third-order valence-corrected chi connectivity index (χ3v) is 13.2. The van der Waals surface area contributed by atoms with Crippen LogP contribution in [-0.2, 0) is 9.59 Å². The Kier molecular flexibility index (Phi) is 9.61. The third kappa shape index (κ3) is 6.97. The smallest absolute Gasteiger partial charge is 0.262 e. The number of imide groups is 2. The first-order valence-electron chi connectivity index (χ1n) is 19.8. The van der Waals surface area contributed by atoms with Crippen molar-refractivity contribution in [2.75, 3.05) is 86.7 Å². The number of piperidine rings is 2. The van der Waals surface area contributed by atoms with Gasteiger partial charge in [0.25, 0.3) is 17.7 Å². The molecule has 1 aromatic heterocycles. The predicted octanol–water partition coefficient (Wildman–Crippen LogP) is 4.08. The van der Waals surface area contributed by atoms with E-state index in [4.69, 9.17) is 23.2 Å². The van der Waals surface area contributed by atoms with E-state index in [1.165, 1.54) is 0 Å². The van der Waals surface area contributed by atoms with Crippen LogP contribution < -0.4 is 20.0 Å². The molecule has 1 unspecified atom stereocenters. The minimum atomic E-state index is -0.972. The van der Waals surface area contributed by atoms with Crippen molar-refractivity contribution in [2.45, 2.75) is 38.1 Å². The lowest BCUT2D eigenvalue weighted by molar-refractivity contribution is -0.136. The van der Waals surface area contributed by atoms with E-state index in [1.54, 1.807) is 24.4 Å². The first-order valence-corrected chi connectivity index (χ1v) is 20.2. The molecule has 7 heterocycles. The van der Waals surface area contributed by atoms with E-state index in [0.29, 0.717) is 33.3 Å². The summed E-state index contributed by atoms with van der Waals surface area (Å²) < 4.78 is 0. The number of hydrogen-bond donors (Lipinski definition) is 1. The number of halogens is 1. The molecule has 5 amide bonds. The molecule has 9 rings (SSSR count). The molecule has 1 spiro atoms. The van der Waals surface area contributed by atoms with Crippen LogP contribution in [0.3, 0.4) is 0 Å². The third-order valence-electron chi connectivity index (χ3n) is 12.9. The number of piperazine rings is 1. The molecule has 5 fully saturated rings. The zero-order valence-corrected chi connectivity index (χ0v) is 32.4. The Labute approximate surface area is 336 Å². The van der Waals surface area contributed by atoms with Gasteiger partial charge in [-0.3, -0.25) is 39.1 Å². The summed E-state index contributed by atoms with van der Waals surface area (Å²) in [6, 6.07) is 13.9. The second-order valence-corrected chi connectivity index (χ2v) is 16.8. The quantitative estimate of drug-likeness (QED) is 0.276. The highest BCUT2D eigenvalue weighted by molar-refractivity contribution is 6.33. The van der Waals surface area contributed by atoms with Gasteiger partial charge in [0, 0.05) is 107 Å². The number of nitrogens with zero attached hydrogens (tertiary/aromatic N) is 8. The molecule has 0 saturated carbocycles. The van der Waals surface area contributed by atoms with Gasteiger partial charge in [-0.1, -0.05) is 17.7 Å². The summed E-state index contributed by atoms with van der Waals surface area (Å²) in [5.74, 6) is -0.583. The van der Waals surface area contributed by atoms with Crippen molar-refractivity contribution in [2.24, 2.45) is 11.3 Å². The Morgan fingerprint density at radius 3 is 2.26 bits per heavy atom. The summed E-state index contributed by atoms with van der Waals surface area (Å²) in [6.07, 6.45) is 4.95. The lowest BCUT2D eigenvalue weighted by atomic mass is 9.77. The van der Waals surface area contributed by atoms with Crippen molar-refractivity contribution in [1.29, 1.82) is 0 Å². The Morgan fingerprint density at radius 1 is 0.842 bits per heavy atom. The number of pyridine rings is 1. The van der Waals surface area contributed by atoms with Crippen molar-refractivity contribution in [3.63, 3.8) is 0 Å². The van der Waals surface area contributed by atoms with Gasteiger partial charge in [0.15, 0.2) is 0 Å². The van der Waals surface area contributed by atoms with Gasteiger partial charge in [0.1, 0.15) is 11.9 Å². The van der Waals surface area contributed by atoms with Crippen LogP contribution in [-0.4, -0.2) is 127 Å². The van der Waals surface area contributed by atoms with Gasteiger partial charge < -0.3 is 19.6 Å². The molecule has 57 heavy (non-hydrogen) atoms. The molecule has 15 heteroatoms. The molecule has 0 aliphatic carbocycles. The second-order valence-electron chi connectivity index (χ2n) is 16.4. The fourth-order valence-electron chi connectivity index (χ4n) is 9.49. The summed E-state index contributed by atoms with van der Waals surface area (Å²) in [4.78, 5) is 84.3. The van der Waals surface area contributed by atoms with Crippen LogP contribution in [0.25, 0.3) is 4.85 Å². The fraction of sp³-hybridized carbons (Fsp3) is 0.452. The number of benzene rings is 2. The number of hydrogen-bond acceptors (Lipinski definition) is 10. The van der Waals surface area contributed by atoms with E-state index in [9.17, 15) is 24.0 Å². The maximum atomic E-state index is 13.5. The van der Waals surface area contributed by atoms with E-state index in [0.717, 1.165) is 113 Å². The fourth-order valence-corrected chi connectivity index (χ4v) is 9.71. The van der Waals surface area contributed by atoms with E-state index in [1.807, 2.05) is 35.2 Å². The molecule has 2 aromatic carbocycles. The van der Waals surface area contributed by atoms with Gasteiger partial charge in [0.05, 0.1) is 23.3 Å². The zero-order valence-electron chi connectivity index (χ0n) is 31.7. The summed E-state index contributed by atoms with van der Waals surface area (Å²) in [7, 11) is 0. The largest absolute Gasteiger partial charge is 0.371 e. The summed E-state index contributed by atoms with van der Waals surface area (Å²) in [5.41, 5.74) is 3.81. The van der Waals surface area contributed by atoms with Crippen LogP contribution in [0.4, 0.5) is 22.9 Å². The molecule has 0 radical (unpaired) electrons. The molecule has 1 atom stereocenters. The maximum Gasteiger partial charge on any atom is 0.262 e. The Morgan fingerprint density at radius 2 is 1.56 bits per heavy atom. The second kappa shape index (κ2) is 14.8. The molecule has 1 N–H and O–H groups in total. The molecular weight excluding hydrogens is 746 g/mol. The van der Waals surface area contributed by atoms with Crippen LogP contribution in [0.2, 0.25) is 5.02 Å². The van der Waals surface area contributed by atoms with Crippen molar-refractivity contribution in [1.82, 2.24) is 25.0 Å². The average Bonchev–Trinajstić information content (AvgIpc) is 3.73. The number of aromatic nitrogens is 1. The van der Waals surface area contributed by atoms with Crippen LogP contribution >= 0.6 is 11.6 Å². The van der Waals surface area contributed by atoms with Gasteiger partial charge in [-0.05, 0) is 73.6 Å². The molecule has 3 aromatic rings.